The fourth-order valence-electron chi connectivity index (χ4n) is 2.24. The van der Waals surface area contributed by atoms with Crippen LogP contribution in [0.2, 0.25) is 0 Å². The lowest BCUT2D eigenvalue weighted by Gasteiger charge is -2.27. The van der Waals surface area contributed by atoms with Gasteiger partial charge in [0.15, 0.2) is 0 Å². The quantitative estimate of drug-likeness (QED) is 0.825. The molecule has 2 rings (SSSR count). The summed E-state index contributed by atoms with van der Waals surface area (Å²) in [5.74, 6) is 0. The number of thiophene rings is 2. The predicted molar refractivity (Wildman–Crippen MR) is 88.5 cm³/mol. The largest absolute Gasteiger partial charge is 0.388 e. The van der Waals surface area contributed by atoms with Crippen LogP contribution >= 0.6 is 22.7 Å². The molecule has 3 nitrogen and oxygen atoms in total. The van der Waals surface area contributed by atoms with Gasteiger partial charge in [-0.2, -0.15) is 0 Å². The molecule has 0 fully saturated rings. The van der Waals surface area contributed by atoms with Crippen molar-refractivity contribution in [3.05, 3.63) is 33.8 Å². The molecule has 110 valence electrons. The summed E-state index contributed by atoms with van der Waals surface area (Å²) in [6, 6.07) is 6.45. The summed E-state index contributed by atoms with van der Waals surface area (Å²) in [6.45, 7) is 3.92. The molecule has 0 aliphatic rings. The van der Waals surface area contributed by atoms with Crippen LogP contribution in [0, 0.1) is 0 Å². The maximum absolute atomic E-state index is 10.2. The van der Waals surface area contributed by atoms with E-state index in [-0.39, 0.29) is 0 Å². The van der Waals surface area contributed by atoms with Crippen molar-refractivity contribution in [3.8, 4) is 10.4 Å². The van der Waals surface area contributed by atoms with E-state index in [1.54, 1.807) is 22.7 Å². The highest BCUT2D eigenvalue weighted by Gasteiger charge is 2.20. The molecule has 2 aromatic rings. The topological polar surface area (TPSA) is 35.5 Å². The van der Waals surface area contributed by atoms with Crippen LogP contribution in [0.5, 0.6) is 0 Å². The Kier molecular flexibility index (Phi) is 5.35. The highest BCUT2D eigenvalue weighted by molar-refractivity contribution is 7.14. The van der Waals surface area contributed by atoms with Gasteiger partial charge in [0.2, 0.25) is 0 Å². The van der Waals surface area contributed by atoms with Crippen molar-refractivity contribution < 1.29 is 5.11 Å². The summed E-state index contributed by atoms with van der Waals surface area (Å²) in [6.07, 6.45) is 0. The lowest BCUT2D eigenvalue weighted by atomic mass is 10.1. The minimum atomic E-state index is -0.697. The second kappa shape index (κ2) is 6.83. The first kappa shape index (κ1) is 15.7. The molecule has 2 aromatic heterocycles. The van der Waals surface area contributed by atoms with E-state index in [1.807, 2.05) is 25.9 Å². The van der Waals surface area contributed by atoms with Crippen LogP contribution in [-0.2, 0) is 6.54 Å². The van der Waals surface area contributed by atoms with Gasteiger partial charge in [-0.15, -0.1) is 22.7 Å². The first-order valence-corrected chi connectivity index (χ1v) is 8.41. The molecule has 0 amide bonds. The van der Waals surface area contributed by atoms with Gasteiger partial charge in [-0.25, -0.2) is 0 Å². The Morgan fingerprint density at radius 3 is 2.80 bits per heavy atom. The summed E-state index contributed by atoms with van der Waals surface area (Å²) in [4.78, 5) is 4.61. The van der Waals surface area contributed by atoms with Crippen molar-refractivity contribution in [2.24, 2.45) is 0 Å². The van der Waals surface area contributed by atoms with Gasteiger partial charge in [-0.05, 0) is 43.9 Å². The molecule has 1 unspecified atom stereocenters. The van der Waals surface area contributed by atoms with Crippen molar-refractivity contribution >= 4 is 22.7 Å². The summed E-state index contributed by atoms with van der Waals surface area (Å²) in [5.41, 5.74) is 0.596. The zero-order valence-corrected chi connectivity index (χ0v) is 13.9. The van der Waals surface area contributed by atoms with Gasteiger partial charge in [0.05, 0.1) is 5.60 Å². The molecule has 5 heteroatoms. The minimum absolute atomic E-state index is 0.595. The molecule has 20 heavy (non-hydrogen) atoms. The van der Waals surface area contributed by atoms with E-state index in [0.717, 1.165) is 6.54 Å². The average molecular weight is 310 g/mol. The summed E-state index contributed by atoms with van der Waals surface area (Å²) in [7, 11) is 3.95. The number of likely N-dealkylation sites (N-methyl/N-ethyl adjacent to an activating group) is 1. The molecular weight excluding hydrogens is 288 g/mol. The monoisotopic (exact) mass is 310 g/mol. The standard InChI is InChI=1S/C15H22N2OS2/c1-15(18,11-17(2)3)10-16-8-13-7-12(9-20-13)14-5-4-6-19-14/h4-7,9,16,18H,8,10-11H2,1-3H3. The SMILES string of the molecule is CN(C)CC(C)(O)CNCc1cc(-c2cccs2)cs1. The Hall–Kier alpha value is -0.720. The van der Waals surface area contributed by atoms with Gasteiger partial charge in [0.1, 0.15) is 0 Å². The van der Waals surface area contributed by atoms with Gasteiger partial charge in [0.25, 0.3) is 0 Å². The van der Waals surface area contributed by atoms with Crippen molar-refractivity contribution in [1.82, 2.24) is 10.2 Å². The smallest absolute Gasteiger partial charge is 0.0869 e. The fraction of sp³-hybridized carbons (Fsp3) is 0.467. The molecule has 0 radical (unpaired) electrons. The van der Waals surface area contributed by atoms with E-state index in [1.165, 1.54) is 15.3 Å². The number of aliphatic hydroxyl groups is 1. The Morgan fingerprint density at radius 2 is 2.15 bits per heavy atom. The van der Waals surface area contributed by atoms with Crippen molar-refractivity contribution in [2.45, 2.75) is 19.1 Å². The van der Waals surface area contributed by atoms with Gasteiger partial charge in [-0.3, -0.25) is 0 Å². The molecule has 2 N–H and O–H groups in total. The Morgan fingerprint density at radius 1 is 1.35 bits per heavy atom. The molecule has 2 heterocycles. The predicted octanol–water partition coefficient (Wildman–Crippen LogP) is 2.88. The van der Waals surface area contributed by atoms with Gasteiger partial charge >= 0.3 is 0 Å². The molecule has 1 atom stereocenters. The number of nitrogens with zero attached hydrogens (tertiary/aromatic N) is 1. The Bertz CT molecular complexity index is 518. The zero-order valence-electron chi connectivity index (χ0n) is 12.2. The van der Waals surface area contributed by atoms with Crippen LogP contribution in [0.4, 0.5) is 0 Å². The molecule has 0 spiro atoms. The molecule has 0 aromatic carbocycles. The third kappa shape index (κ3) is 4.68. The molecule has 0 bridgehead atoms. The minimum Gasteiger partial charge on any atom is -0.388 e. The van der Waals surface area contributed by atoms with Crippen molar-refractivity contribution in [3.63, 3.8) is 0 Å². The molecular formula is C15H22N2OS2. The maximum Gasteiger partial charge on any atom is 0.0869 e. The first-order valence-electron chi connectivity index (χ1n) is 6.65. The third-order valence-electron chi connectivity index (χ3n) is 2.92. The second-order valence-corrected chi connectivity index (χ2v) is 7.56. The summed E-state index contributed by atoms with van der Waals surface area (Å²) in [5, 5.41) is 17.9. The third-order valence-corrected chi connectivity index (χ3v) is 4.78. The first-order chi connectivity index (χ1) is 9.46. The van der Waals surface area contributed by atoms with Crippen molar-refractivity contribution in [2.75, 3.05) is 27.2 Å². The van der Waals surface area contributed by atoms with Crippen LogP contribution < -0.4 is 5.32 Å². The lowest BCUT2D eigenvalue weighted by Crippen LogP contribution is -2.45. The molecule has 0 saturated heterocycles. The van der Waals surface area contributed by atoms with Crippen molar-refractivity contribution in [1.29, 1.82) is 0 Å². The van der Waals surface area contributed by atoms with E-state index in [9.17, 15) is 5.11 Å². The Balaban J connectivity index is 1.83. The molecule has 0 aliphatic carbocycles. The zero-order chi connectivity index (χ0) is 14.6. The highest BCUT2D eigenvalue weighted by atomic mass is 32.1. The van der Waals surface area contributed by atoms with Gasteiger partial charge < -0.3 is 15.3 Å². The van der Waals surface area contributed by atoms with Crippen LogP contribution in [0.3, 0.4) is 0 Å². The maximum atomic E-state index is 10.2. The van der Waals surface area contributed by atoms with Gasteiger partial charge in [0, 0.05) is 35.0 Å². The van der Waals surface area contributed by atoms with Crippen LogP contribution in [-0.4, -0.2) is 42.8 Å². The number of nitrogens with one attached hydrogen (secondary N) is 1. The number of hydrogen-bond acceptors (Lipinski definition) is 5. The normalized spacial score (nSPS) is 14.7. The average Bonchev–Trinajstić information content (AvgIpc) is 2.96. The van der Waals surface area contributed by atoms with E-state index in [2.05, 4.69) is 34.3 Å². The summed E-state index contributed by atoms with van der Waals surface area (Å²) < 4.78 is 0. The Labute approximate surface area is 128 Å². The van der Waals surface area contributed by atoms with E-state index in [0.29, 0.717) is 13.1 Å². The van der Waals surface area contributed by atoms with E-state index < -0.39 is 5.60 Å². The summed E-state index contributed by atoms with van der Waals surface area (Å²) >= 11 is 3.53. The van der Waals surface area contributed by atoms with Gasteiger partial charge in [-0.1, -0.05) is 6.07 Å². The van der Waals surface area contributed by atoms with Crippen LogP contribution in [0.25, 0.3) is 10.4 Å². The van der Waals surface area contributed by atoms with E-state index >= 15 is 0 Å². The fourth-order valence-corrected chi connectivity index (χ4v) is 3.88. The van der Waals surface area contributed by atoms with Crippen LogP contribution in [0.15, 0.2) is 29.0 Å². The lowest BCUT2D eigenvalue weighted by molar-refractivity contribution is 0.0336. The van der Waals surface area contributed by atoms with Crippen LogP contribution in [0.1, 0.15) is 11.8 Å². The molecule has 0 saturated carbocycles. The second-order valence-electron chi connectivity index (χ2n) is 5.62. The highest BCUT2D eigenvalue weighted by Crippen LogP contribution is 2.29. The number of rotatable bonds is 7. The van der Waals surface area contributed by atoms with E-state index in [4.69, 9.17) is 0 Å². The number of hydrogen-bond donors (Lipinski definition) is 2. The molecule has 0 aliphatic heterocycles.